The molecule has 0 aromatic heterocycles. The lowest BCUT2D eigenvalue weighted by Crippen LogP contribution is -2.37. The van der Waals surface area contributed by atoms with E-state index < -0.39 is 21.6 Å². The van der Waals surface area contributed by atoms with Crippen molar-refractivity contribution in [1.82, 2.24) is 10.9 Å². The molecular weight excluding hydrogens is 399 g/mol. The minimum atomic E-state index is -3.49. The maximum absolute atomic E-state index is 13.5. The smallest absolute Gasteiger partial charge is 0.269 e. The molecule has 2 aromatic carbocycles. The SMILES string of the molecule is O=C(NNC1=CCS(=O)(=O)c2ccc(F)cc21)c1ccc(Br)cc1. The quantitative estimate of drug-likeness (QED) is 0.602. The molecule has 0 atom stereocenters. The average molecular weight is 411 g/mol. The predicted molar refractivity (Wildman–Crippen MR) is 91.2 cm³/mol. The molecule has 1 aliphatic heterocycles. The fourth-order valence-corrected chi connectivity index (χ4v) is 3.90. The normalized spacial score (nSPS) is 15.2. The molecule has 1 heterocycles. The number of hydrogen-bond donors (Lipinski definition) is 2. The molecule has 0 saturated carbocycles. The Kier molecular flexibility index (Phi) is 4.42. The van der Waals surface area contributed by atoms with Crippen LogP contribution in [0.2, 0.25) is 0 Å². The number of sulfone groups is 1. The molecule has 0 unspecified atom stereocenters. The van der Waals surface area contributed by atoms with Crippen LogP contribution in [0.1, 0.15) is 15.9 Å². The Bertz CT molecular complexity index is 940. The fourth-order valence-electron chi connectivity index (χ4n) is 2.29. The van der Waals surface area contributed by atoms with Gasteiger partial charge in [0, 0.05) is 15.6 Å². The highest BCUT2D eigenvalue weighted by Gasteiger charge is 2.25. The Morgan fingerprint density at radius 2 is 1.83 bits per heavy atom. The van der Waals surface area contributed by atoms with E-state index in [1.807, 2.05) is 0 Å². The molecule has 0 spiro atoms. The molecule has 1 amide bonds. The molecule has 0 aliphatic carbocycles. The van der Waals surface area contributed by atoms with Crippen molar-refractivity contribution in [2.24, 2.45) is 0 Å². The summed E-state index contributed by atoms with van der Waals surface area (Å²) < 4.78 is 38.4. The first kappa shape index (κ1) is 16.7. The van der Waals surface area contributed by atoms with Crippen LogP contribution in [0.3, 0.4) is 0 Å². The van der Waals surface area contributed by atoms with Gasteiger partial charge in [-0.05, 0) is 48.5 Å². The standard InChI is InChI=1S/C16H12BrFN2O3S/c17-11-3-1-10(2-4-11)16(21)20-19-14-7-8-24(22,23)15-6-5-12(18)9-13(14)15/h1-7,9,19H,8H2,(H,20,21). The zero-order valence-electron chi connectivity index (χ0n) is 12.2. The van der Waals surface area contributed by atoms with Gasteiger partial charge in [-0.2, -0.15) is 0 Å². The molecular formula is C16H12BrFN2O3S. The van der Waals surface area contributed by atoms with Gasteiger partial charge >= 0.3 is 0 Å². The van der Waals surface area contributed by atoms with Crippen LogP contribution < -0.4 is 10.9 Å². The maximum atomic E-state index is 13.5. The molecule has 2 N–H and O–H groups in total. The number of amides is 1. The summed E-state index contributed by atoms with van der Waals surface area (Å²) in [6.45, 7) is 0. The van der Waals surface area contributed by atoms with Gasteiger partial charge in [-0.3, -0.25) is 15.6 Å². The molecule has 0 radical (unpaired) electrons. The van der Waals surface area contributed by atoms with Crippen molar-refractivity contribution in [2.75, 3.05) is 5.75 Å². The number of carbonyl (C=O) groups is 1. The monoisotopic (exact) mass is 410 g/mol. The van der Waals surface area contributed by atoms with E-state index in [4.69, 9.17) is 0 Å². The van der Waals surface area contributed by atoms with Crippen molar-refractivity contribution < 1.29 is 17.6 Å². The van der Waals surface area contributed by atoms with Crippen LogP contribution >= 0.6 is 15.9 Å². The van der Waals surface area contributed by atoms with E-state index in [-0.39, 0.29) is 16.2 Å². The van der Waals surface area contributed by atoms with E-state index in [9.17, 15) is 17.6 Å². The van der Waals surface area contributed by atoms with E-state index >= 15 is 0 Å². The van der Waals surface area contributed by atoms with Crippen LogP contribution in [0.4, 0.5) is 4.39 Å². The number of carbonyl (C=O) groups excluding carboxylic acids is 1. The van der Waals surface area contributed by atoms with Gasteiger partial charge in [-0.25, -0.2) is 12.8 Å². The number of fused-ring (bicyclic) bond motifs is 1. The third kappa shape index (κ3) is 3.34. The molecule has 124 valence electrons. The first-order valence-electron chi connectivity index (χ1n) is 6.91. The lowest BCUT2D eigenvalue weighted by atomic mass is 10.1. The van der Waals surface area contributed by atoms with Crippen LogP contribution in [0.15, 0.2) is 57.9 Å². The summed E-state index contributed by atoms with van der Waals surface area (Å²) in [7, 11) is -3.49. The Balaban J connectivity index is 1.81. The zero-order chi connectivity index (χ0) is 17.3. The van der Waals surface area contributed by atoms with Crippen molar-refractivity contribution in [3.63, 3.8) is 0 Å². The van der Waals surface area contributed by atoms with Gasteiger partial charge in [-0.1, -0.05) is 15.9 Å². The molecule has 5 nitrogen and oxygen atoms in total. The topological polar surface area (TPSA) is 75.3 Å². The molecule has 1 aliphatic rings. The minimum absolute atomic E-state index is 0.0341. The van der Waals surface area contributed by atoms with Gasteiger partial charge in [0.15, 0.2) is 9.84 Å². The number of hydrogen-bond acceptors (Lipinski definition) is 4. The lowest BCUT2D eigenvalue weighted by Gasteiger charge is -2.19. The van der Waals surface area contributed by atoms with Crippen molar-refractivity contribution in [1.29, 1.82) is 0 Å². The molecule has 2 aromatic rings. The van der Waals surface area contributed by atoms with Crippen LogP contribution in [-0.2, 0) is 9.84 Å². The third-order valence-electron chi connectivity index (χ3n) is 3.49. The van der Waals surface area contributed by atoms with Gasteiger partial charge in [0.2, 0.25) is 0 Å². The van der Waals surface area contributed by atoms with E-state index in [0.29, 0.717) is 11.3 Å². The van der Waals surface area contributed by atoms with Crippen LogP contribution in [-0.4, -0.2) is 20.1 Å². The van der Waals surface area contributed by atoms with Crippen LogP contribution in [0.5, 0.6) is 0 Å². The van der Waals surface area contributed by atoms with Crippen LogP contribution in [0, 0.1) is 5.82 Å². The molecule has 24 heavy (non-hydrogen) atoms. The number of hydrazine groups is 1. The maximum Gasteiger partial charge on any atom is 0.269 e. The van der Waals surface area contributed by atoms with Crippen molar-refractivity contribution in [3.8, 4) is 0 Å². The summed E-state index contributed by atoms with van der Waals surface area (Å²) in [5.41, 5.74) is 6.12. The summed E-state index contributed by atoms with van der Waals surface area (Å²) in [6, 6.07) is 10.2. The summed E-state index contributed by atoms with van der Waals surface area (Å²) in [5.74, 6) is -1.17. The molecule has 0 fully saturated rings. The second kappa shape index (κ2) is 6.37. The highest BCUT2D eigenvalue weighted by molar-refractivity contribution is 9.10. The summed E-state index contributed by atoms with van der Waals surface area (Å²) in [4.78, 5) is 12.1. The van der Waals surface area contributed by atoms with E-state index in [2.05, 4.69) is 26.8 Å². The second-order valence-corrected chi connectivity index (χ2v) is 8.04. The zero-order valence-corrected chi connectivity index (χ0v) is 14.6. The Morgan fingerprint density at radius 1 is 1.12 bits per heavy atom. The minimum Gasteiger partial charge on any atom is -0.298 e. The van der Waals surface area contributed by atoms with Gasteiger partial charge in [0.25, 0.3) is 5.91 Å². The number of halogens is 2. The lowest BCUT2D eigenvalue weighted by molar-refractivity contribution is 0.0942. The van der Waals surface area contributed by atoms with Crippen molar-refractivity contribution >= 4 is 37.4 Å². The molecule has 8 heteroatoms. The Hall–Kier alpha value is -2.19. The molecule has 0 saturated heterocycles. The third-order valence-corrected chi connectivity index (χ3v) is 5.65. The largest absolute Gasteiger partial charge is 0.298 e. The summed E-state index contributed by atoms with van der Waals surface area (Å²) in [6.07, 6.45) is 1.40. The predicted octanol–water partition coefficient (Wildman–Crippen LogP) is 2.65. The van der Waals surface area contributed by atoms with Gasteiger partial charge in [0.05, 0.1) is 16.3 Å². The number of rotatable bonds is 3. The number of benzene rings is 2. The highest BCUT2D eigenvalue weighted by Crippen LogP contribution is 2.28. The van der Waals surface area contributed by atoms with Crippen LogP contribution in [0.25, 0.3) is 5.70 Å². The van der Waals surface area contributed by atoms with E-state index in [1.54, 1.807) is 24.3 Å². The molecule has 0 bridgehead atoms. The Morgan fingerprint density at radius 3 is 2.54 bits per heavy atom. The van der Waals surface area contributed by atoms with Gasteiger partial charge in [0.1, 0.15) is 5.82 Å². The summed E-state index contributed by atoms with van der Waals surface area (Å²) in [5, 5.41) is 0. The highest BCUT2D eigenvalue weighted by atomic mass is 79.9. The summed E-state index contributed by atoms with van der Waals surface area (Å²) >= 11 is 3.28. The van der Waals surface area contributed by atoms with Gasteiger partial charge < -0.3 is 0 Å². The van der Waals surface area contributed by atoms with Gasteiger partial charge in [-0.15, -0.1) is 0 Å². The molecule has 3 rings (SSSR count). The van der Waals surface area contributed by atoms with Crippen molar-refractivity contribution in [3.05, 3.63) is 70.0 Å². The number of nitrogens with one attached hydrogen (secondary N) is 2. The fraction of sp³-hybridized carbons (Fsp3) is 0.0625. The average Bonchev–Trinajstić information content (AvgIpc) is 2.54. The van der Waals surface area contributed by atoms with E-state index in [0.717, 1.165) is 16.6 Å². The first-order chi connectivity index (χ1) is 11.4. The second-order valence-electron chi connectivity index (χ2n) is 5.13. The first-order valence-corrected chi connectivity index (χ1v) is 9.36. The Labute approximate surface area is 146 Å². The van der Waals surface area contributed by atoms with Crippen molar-refractivity contribution in [2.45, 2.75) is 4.90 Å². The van der Waals surface area contributed by atoms with E-state index in [1.165, 1.54) is 12.1 Å².